The van der Waals surface area contributed by atoms with Crippen molar-refractivity contribution in [2.45, 2.75) is 27.3 Å². The lowest BCUT2D eigenvalue weighted by Gasteiger charge is -2.17. The zero-order valence-electron chi connectivity index (χ0n) is 18.6. The van der Waals surface area contributed by atoms with Crippen molar-refractivity contribution < 1.29 is 22.0 Å². The summed E-state index contributed by atoms with van der Waals surface area (Å²) in [7, 11) is -3.78. The fourth-order valence-electron chi connectivity index (χ4n) is 3.20. The monoisotopic (exact) mass is 491 g/mol. The summed E-state index contributed by atoms with van der Waals surface area (Å²) in [5.74, 6) is -3.23. The highest BCUT2D eigenvalue weighted by Crippen LogP contribution is 2.26. The molecule has 2 aromatic heterocycles. The van der Waals surface area contributed by atoms with Crippen molar-refractivity contribution in [3.63, 3.8) is 0 Å². The van der Waals surface area contributed by atoms with Gasteiger partial charge in [-0.2, -0.15) is 0 Å². The second-order valence-electron chi connectivity index (χ2n) is 7.59. The number of benzene rings is 1. The largest absolute Gasteiger partial charge is 0.365 e. The smallest absolute Gasteiger partial charge is 0.255 e. The number of primary amides is 1. The van der Waals surface area contributed by atoms with Gasteiger partial charge in [0.1, 0.15) is 5.82 Å². The number of halogens is 2. The van der Waals surface area contributed by atoms with Crippen LogP contribution in [-0.4, -0.2) is 29.6 Å². The fourth-order valence-corrected chi connectivity index (χ4v) is 3.79. The molecule has 3 aromatic rings. The Hall–Kier alpha value is -3.80. The molecule has 0 fully saturated rings. The Balaban J connectivity index is 2.05. The van der Waals surface area contributed by atoms with Crippen molar-refractivity contribution >= 4 is 33.1 Å². The number of anilines is 3. The van der Waals surface area contributed by atoms with Crippen LogP contribution in [-0.2, 0) is 16.6 Å². The molecule has 2 heterocycles. The number of nitrogens with one attached hydrogen (secondary N) is 2. The highest BCUT2D eigenvalue weighted by Gasteiger charge is 2.20. The molecule has 3 rings (SSSR count). The Kier molecular flexibility index (Phi) is 7.01. The van der Waals surface area contributed by atoms with Crippen LogP contribution in [0.4, 0.5) is 26.0 Å². The van der Waals surface area contributed by atoms with Gasteiger partial charge in [-0.1, -0.05) is 6.07 Å². The number of hydrogen-bond acceptors (Lipinski definition) is 6. The molecule has 1 amide bonds. The minimum Gasteiger partial charge on any atom is -0.365 e. The predicted octanol–water partition coefficient (Wildman–Crippen LogP) is 2.79. The number of carbonyl (C=O) groups excluding carboxylic acids is 1. The van der Waals surface area contributed by atoms with E-state index in [4.69, 9.17) is 5.73 Å². The average Bonchev–Trinajstić information content (AvgIpc) is 2.77. The summed E-state index contributed by atoms with van der Waals surface area (Å²) in [6, 6.07) is 5.69. The second kappa shape index (κ2) is 9.59. The van der Waals surface area contributed by atoms with Crippen LogP contribution in [0.1, 0.15) is 34.0 Å². The summed E-state index contributed by atoms with van der Waals surface area (Å²) < 4.78 is 55.9. The van der Waals surface area contributed by atoms with E-state index in [9.17, 15) is 26.8 Å². The third-order valence-electron chi connectivity index (χ3n) is 5.10. The van der Waals surface area contributed by atoms with Crippen LogP contribution in [0.25, 0.3) is 0 Å². The molecule has 0 saturated carbocycles. The third-order valence-corrected chi connectivity index (χ3v) is 6.37. The van der Waals surface area contributed by atoms with Crippen LogP contribution >= 0.6 is 0 Å². The highest BCUT2D eigenvalue weighted by atomic mass is 32.2. The van der Waals surface area contributed by atoms with Crippen molar-refractivity contribution in [1.29, 1.82) is 0 Å². The van der Waals surface area contributed by atoms with Gasteiger partial charge in [-0.15, -0.1) is 0 Å². The Bertz CT molecular complexity index is 1440. The van der Waals surface area contributed by atoms with Gasteiger partial charge in [0.05, 0.1) is 29.2 Å². The summed E-state index contributed by atoms with van der Waals surface area (Å²) >= 11 is 0. The van der Waals surface area contributed by atoms with Crippen LogP contribution in [0.5, 0.6) is 0 Å². The van der Waals surface area contributed by atoms with Crippen LogP contribution in [0.15, 0.2) is 41.5 Å². The molecule has 0 saturated heterocycles. The Labute approximate surface area is 194 Å². The van der Waals surface area contributed by atoms with E-state index in [1.54, 1.807) is 13.0 Å². The topological polar surface area (TPSA) is 136 Å². The van der Waals surface area contributed by atoms with Gasteiger partial charge in [0.2, 0.25) is 10.0 Å². The van der Waals surface area contributed by atoms with Crippen LogP contribution in [0, 0.1) is 25.5 Å². The number of amides is 1. The molecule has 0 aliphatic heterocycles. The molecule has 0 unspecified atom stereocenters. The molecule has 0 spiro atoms. The van der Waals surface area contributed by atoms with Crippen molar-refractivity contribution in [2.24, 2.45) is 5.73 Å². The molecule has 12 heteroatoms. The average molecular weight is 492 g/mol. The van der Waals surface area contributed by atoms with E-state index in [0.29, 0.717) is 5.56 Å². The van der Waals surface area contributed by atoms with Gasteiger partial charge < -0.3 is 15.6 Å². The lowest BCUT2D eigenvalue weighted by atomic mass is 10.1. The molecule has 1 aromatic carbocycles. The van der Waals surface area contributed by atoms with Gasteiger partial charge in [0, 0.05) is 23.5 Å². The molecule has 0 atom stereocenters. The normalized spacial score (nSPS) is 11.3. The van der Waals surface area contributed by atoms with Crippen LogP contribution in [0.2, 0.25) is 0 Å². The summed E-state index contributed by atoms with van der Waals surface area (Å²) in [6.45, 7) is 4.18. The van der Waals surface area contributed by atoms with Crippen molar-refractivity contribution in [1.82, 2.24) is 9.55 Å². The first-order chi connectivity index (χ1) is 15.9. The van der Waals surface area contributed by atoms with Gasteiger partial charge in [0.25, 0.3) is 11.5 Å². The number of rotatable bonds is 8. The molecule has 180 valence electrons. The number of hydrogen-bond donors (Lipinski definition) is 3. The number of sulfonamides is 1. The lowest BCUT2D eigenvalue weighted by molar-refractivity contribution is 0.1000. The Morgan fingerprint density at radius 1 is 1.21 bits per heavy atom. The molecule has 9 nitrogen and oxygen atoms in total. The van der Waals surface area contributed by atoms with Crippen LogP contribution < -0.4 is 21.3 Å². The lowest BCUT2D eigenvalue weighted by Crippen LogP contribution is -2.28. The molecule has 0 radical (unpaired) electrons. The number of nitrogens with two attached hydrogens (primary N) is 1. The molecule has 0 aliphatic carbocycles. The van der Waals surface area contributed by atoms with Gasteiger partial charge in [0.15, 0.2) is 11.6 Å². The van der Waals surface area contributed by atoms with E-state index in [-0.39, 0.29) is 40.4 Å². The molecule has 0 bridgehead atoms. The molecule has 4 N–H and O–H groups in total. The summed E-state index contributed by atoms with van der Waals surface area (Å²) in [5.41, 5.74) is 5.56. The SMILES string of the molecule is CCS(=O)(=O)Nc1nccc(Cn2cc(C(N)=O)c(Nc3ccc(C)cc3F)c(C)c2=O)c1F. The first-order valence-electron chi connectivity index (χ1n) is 10.1. The number of aromatic nitrogens is 2. The van der Waals surface area contributed by atoms with Crippen molar-refractivity contribution in [3.8, 4) is 0 Å². The summed E-state index contributed by atoms with van der Waals surface area (Å²) in [6.07, 6.45) is 2.33. The minimum absolute atomic E-state index is 0.0306. The molecule has 0 aliphatic rings. The second-order valence-corrected chi connectivity index (χ2v) is 9.60. The molecular formula is C22H23F2N5O4S. The standard InChI is InChI=1S/C22H23F2N5O4S/c1-4-34(32,33)28-21-18(24)14(7-8-26-21)10-29-11-15(20(25)30)19(13(3)22(29)31)27-17-6-5-12(2)9-16(17)23/h5-9,11,27H,4,10H2,1-3H3,(H2,25,30)(H,26,28). The maximum Gasteiger partial charge on any atom is 0.255 e. The van der Waals surface area contributed by atoms with E-state index >= 15 is 0 Å². The van der Waals surface area contributed by atoms with Gasteiger partial charge in [-0.05, 0) is 44.5 Å². The first-order valence-corrected chi connectivity index (χ1v) is 11.8. The van der Waals surface area contributed by atoms with Crippen molar-refractivity contribution in [2.75, 3.05) is 15.8 Å². The number of aryl methyl sites for hydroxylation is 1. The van der Waals surface area contributed by atoms with Gasteiger partial charge >= 0.3 is 0 Å². The number of pyridine rings is 2. The maximum atomic E-state index is 14.9. The minimum atomic E-state index is -3.78. The van der Waals surface area contributed by atoms with Crippen LogP contribution in [0.3, 0.4) is 0 Å². The van der Waals surface area contributed by atoms with E-state index < -0.39 is 38.9 Å². The predicted molar refractivity (Wildman–Crippen MR) is 125 cm³/mol. The Morgan fingerprint density at radius 3 is 2.53 bits per heavy atom. The molecular weight excluding hydrogens is 468 g/mol. The zero-order valence-corrected chi connectivity index (χ0v) is 19.5. The van der Waals surface area contributed by atoms with Crippen molar-refractivity contribution in [3.05, 3.63) is 80.9 Å². The molecule has 34 heavy (non-hydrogen) atoms. The summed E-state index contributed by atoms with van der Waals surface area (Å²) in [5, 5.41) is 2.75. The third kappa shape index (κ3) is 5.22. The quantitative estimate of drug-likeness (QED) is 0.443. The fraction of sp³-hybridized carbons (Fsp3) is 0.227. The van der Waals surface area contributed by atoms with Gasteiger partial charge in [-0.3, -0.25) is 14.3 Å². The first kappa shape index (κ1) is 24.8. The highest BCUT2D eigenvalue weighted by molar-refractivity contribution is 7.92. The number of carbonyl (C=O) groups is 1. The maximum absolute atomic E-state index is 14.9. The summed E-state index contributed by atoms with van der Waals surface area (Å²) in [4.78, 5) is 28.8. The Morgan fingerprint density at radius 2 is 1.91 bits per heavy atom. The van der Waals surface area contributed by atoms with E-state index in [1.807, 2.05) is 4.72 Å². The van der Waals surface area contributed by atoms with Gasteiger partial charge in [-0.25, -0.2) is 22.2 Å². The van der Waals surface area contributed by atoms with E-state index in [2.05, 4.69) is 10.3 Å². The van der Waals surface area contributed by atoms with E-state index in [0.717, 1.165) is 10.8 Å². The zero-order chi connectivity index (χ0) is 25.2. The van der Waals surface area contributed by atoms with E-state index in [1.165, 1.54) is 38.2 Å². The number of nitrogens with zero attached hydrogens (tertiary/aromatic N) is 2.